The van der Waals surface area contributed by atoms with Crippen molar-refractivity contribution in [3.8, 4) is 0 Å². The Hall–Kier alpha value is -0.510. The molecule has 0 radical (unpaired) electrons. The van der Waals surface area contributed by atoms with Gasteiger partial charge in [0, 0.05) is 0 Å². The summed E-state index contributed by atoms with van der Waals surface area (Å²) in [7, 11) is -2.72. The molecule has 5 heteroatoms. The fourth-order valence-corrected chi connectivity index (χ4v) is 0.956. The van der Waals surface area contributed by atoms with E-state index in [1.165, 1.54) is 0 Å². The molecule has 1 aromatic carbocycles. The van der Waals surface area contributed by atoms with Crippen LogP contribution in [0.15, 0.2) is 30.3 Å². The van der Waals surface area contributed by atoms with Gasteiger partial charge in [-0.15, -0.1) is 0 Å². The summed E-state index contributed by atoms with van der Waals surface area (Å²) in [5.41, 5.74) is 0.853. The Kier molecular flexibility index (Phi) is 5.80. The predicted molar refractivity (Wildman–Crippen MR) is 44.1 cm³/mol. The Labute approximate surface area is 72.4 Å². The van der Waals surface area contributed by atoms with E-state index in [0.717, 1.165) is 5.56 Å². The molecular formula is C7H11NO3P-. The Bertz CT molecular complexity index is 205. The molecule has 0 spiro atoms. The number of hydrogen-bond donors (Lipinski definition) is 1. The second kappa shape index (κ2) is 6.06. The van der Waals surface area contributed by atoms with Crippen LogP contribution in [0.3, 0.4) is 0 Å². The summed E-state index contributed by atoms with van der Waals surface area (Å²) < 4.78 is 4.38. The van der Waals surface area contributed by atoms with Crippen LogP contribution in [0.2, 0.25) is 0 Å². The van der Waals surface area contributed by atoms with Gasteiger partial charge in [-0.05, 0) is 5.56 Å². The molecule has 0 fully saturated rings. The normalized spacial score (nSPS) is 9.58. The quantitative estimate of drug-likeness (QED) is 0.701. The summed E-state index contributed by atoms with van der Waals surface area (Å²) in [5, 5.41) is 0. The van der Waals surface area contributed by atoms with Crippen molar-refractivity contribution >= 4 is 8.60 Å². The van der Waals surface area contributed by atoms with Crippen LogP contribution in [-0.2, 0) is 11.1 Å². The van der Waals surface area contributed by atoms with E-state index in [9.17, 15) is 9.79 Å². The topological polar surface area (TPSA) is 91.9 Å². The van der Waals surface area contributed by atoms with Gasteiger partial charge in [0.1, 0.15) is 0 Å². The molecule has 4 nitrogen and oxygen atoms in total. The molecule has 0 unspecified atom stereocenters. The first kappa shape index (κ1) is 11.5. The first-order valence-corrected chi connectivity index (χ1v) is 4.20. The molecule has 0 saturated heterocycles. The van der Waals surface area contributed by atoms with Crippen LogP contribution in [0.4, 0.5) is 0 Å². The molecule has 0 amide bonds. The first-order valence-electron chi connectivity index (χ1n) is 3.10. The number of benzene rings is 1. The molecule has 1 aromatic rings. The minimum absolute atomic E-state index is 0. The summed E-state index contributed by atoms with van der Waals surface area (Å²) in [6.45, 7) is 0.125. The van der Waals surface area contributed by atoms with Crippen molar-refractivity contribution in [3.63, 3.8) is 0 Å². The summed E-state index contributed by atoms with van der Waals surface area (Å²) in [4.78, 5) is 20.0. The van der Waals surface area contributed by atoms with Crippen molar-refractivity contribution < 1.29 is 14.3 Å². The lowest BCUT2D eigenvalue weighted by Crippen LogP contribution is -2.10. The Morgan fingerprint density at radius 3 is 2.25 bits per heavy atom. The average molecular weight is 188 g/mol. The second-order valence-electron chi connectivity index (χ2n) is 1.98. The highest BCUT2D eigenvalue weighted by molar-refractivity contribution is 7.36. The maximum absolute atomic E-state index is 9.99. The monoisotopic (exact) mass is 188 g/mol. The van der Waals surface area contributed by atoms with Crippen LogP contribution in [0.25, 0.3) is 0 Å². The van der Waals surface area contributed by atoms with E-state index in [1.54, 1.807) is 12.1 Å². The molecule has 0 aliphatic heterocycles. The van der Waals surface area contributed by atoms with E-state index in [2.05, 4.69) is 4.52 Å². The molecule has 0 heterocycles. The van der Waals surface area contributed by atoms with Crippen LogP contribution in [0.1, 0.15) is 5.56 Å². The van der Waals surface area contributed by atoms with Gasteiger partial charge in [-0.2, -0.15) is 8.60 Å². The minimum atomic E-state index is -2.72. The molecule has 0 bridgehead atoms. The van der Waals surface area contributed by atoms with E-state index >= 15 is 0 Å². The highest BCUT2D eigenvalue weighted by atomic mass is 31.2. The average Bonchev–Trinajstić information content (AvgIpc) is 2.03. The lowest BCUT2D eigenvalue weighted by molar-refractivity contribution is -0.319. The van der Waals surface area contributed by atoms with Crippen molar-refractivity contribution in [3.05, 3.63) is 35.9 Å². The minimum Gasteiger partial charge on any atom is -0.820 e. The third-order valence-corrected chi connectivity index (χ3v) is 1.52. The number of hydrogen-bond acceptors (Lipinski definition) is 3. The largest absolute Gasteiger partial charge is 0.820 e. The number of rotatable bonds is 3. The van der Waals surface area contributed by atoms with Crippen molar-refractivity contribution in [2.75, 3.05) is 0 Å². The van der Waals surface area contributed by atoms with Gasteiger partial charge in [0.25, 0.3) is 0 Å². The molecule has 1 rings (SSSR count). The first-order chi connectivity index (χ1) is 5.29. The van der Waals surface area contributed by atoms with E-state index in [0.29, 0.717) is 0 Å². The van der Waals surface area contributed by atoms with Gasteiger partial charge in [0.15, 0.2) is 0 Å². The fourth-order valence-electron chi connectivity index (χ4n) is 0.701. The molecule has 0 aliphatic rings. The molecule has 0 saturated carbocycles. The van der Waals surface area contributed by atoms with Crippen LogP contribution < -0.4 is 15.9 Å². The molecule has 0 atom stereocenters. The van der Waals surface area contributed by atoms with Crippen molar-refractivity contribution in [2.24, 2.45) is 0 Å². The van der Waals surface area contributed by atoms with Crippen LogP contribution >= 0.6 is 8.60 Å². The van der Waals surface area contributed by atoms with Crippen LogP contribution in [0, 0.1) is 0 Å². The van der Waals surface area contributed by atoms with E-state index < -0.39 is 8.60 Å². The van der Waals surface area contributed by atoms with Crippen molar-refractivity contribution in [1.82, 2.24) is 6.15 Å². The van der Waals surface area contributed by atoms with Gasteiger partial charge >= 0.3 is 0 Å². The van der Waals surface area contributed by atoms with Gasteiger partial charge in [-0.1, -0.05) is 30.3 Å². The number of quaternary nitrogens is 1. The third kappa shape index (κ3) is 4.38. The van der Waals surface area contributed by atoms with Crippen molar-refractivity contribution in [1.29, 1.82) is 0 Å². The van der Waals surface area contributed by atoms with E-state index in [4.69, 9.17) is 0 Å². The van der Waals surface area contributed by atoms with Gasteiger partial charge in [-0.25, -0.2) is 0 Å². The molecule has 4 N–H and O–H groups in total. The Morgan fingerprint density at radius 1 is 1.17 bits per heavy atom. The molecular weight excluding hydrogens is 177 g/mol. The smallest absolute Gasteiger partial charge is 0.0727 e. The Morgan fingerprint density at radius 2 is 1.75 bits per heavy atom. The van der Waals surface area contributed by atoms with Gasteiger partial charge in [-0.3, -0.25) is 0 Å². The summed E-state index contributed by atoms with van der Waals surface area (Å²) in [6, 6.07) is 9.13. The Balaban J connectivity index is 0.00000121. The lowest BCUT2D eigenvalue weighted by atomic mass is 10.2. The van der Waals surface area contributed by atoms with Crippen LogP contribution in [-0.4, -0.2) is 0 Å². The van der Waals surface area contributed by atoms with E-state index in [1.807, 2.05) is 18.2 Å². The zero-order valence-corrected chi connectivity index (χ0v) is 7.66. The summed E-state index contributed by atoms with van der Waals surface area (Å²) >= 11 is 0. The molecule has 0 aromatic heterocycles. The zero-order valence-electron chi connectivity index (χ0n) is 6.77. The van der Waals surface area contributed by atoms with E-state index in [-0.39, 0.29) is 12.8 Å². The molecule has 12 heavy (non-hydrogen) atoms. The fraction of sp³-hybridized carbons (Fsp3) is 0.143. The summed E-state index contributed by atoms with van der Waals surface area (Å²) in [5.74, 6) is 0. The summed E-state index contributed by atoms with van der Waals surface area (Å²) in [6.07, 6.45) is 0. The van der Waals surface area contributed by atoms with Crippen LogP contribution in [0.5, 0.6) is 0 Å². The van der Waals surface area contributed by atoms with Crippen molar-refractivity contribution in [2.45, 2.75) is 6.61 Å². The highest BCUT2D eigenvalue weighted by Crippen LogP contribution is 2.15. The van der Waals surface area contributed by atoms with Gasteiger partial charge < -0.3 is 20.5 Å². The SMILES string of the molecule is [NH4+].[O-]P([O-])OCc1ccccc1. The standard InChI is InChI=1S/C7H7O3P.H3N/c8-11(9)10-6-7-4-2-1-3-5-7;/h1-5H,6H2;1H3/q-2;/p+1. The highest BCUT2D eigenvalue weighted by Gasteiger charge is 1.86. The molecule has 68 valence electrons. The molecule has 0 aliphatic carbocycles. The second-order valence-corrected chi connectivity index (χ2v) is 2.69. The zero-order chi connectivity index (χ0) is 8.10. The van der Waals surface area contributed by atoms with Gasteiger partial charge in [0.05, 0.1) is 6.61 Å². The van der Waals surface area contributed by atoms with Gasteiger partial charge in [0.2, 0.25) is 0 Å². The third-order valence-electron chi connectivity index (χ3n) is 1.18. The maximum Gasteiger partial charge on any atom is 0.0727 e. The maximum atomic E-state index is 9.99. The predicted octanol–water partition coefficient (Wildman–Crippen LogP) is 0.527. The lowest BCUT2D eigenvalue weighted by Gasteiger charge is -2.28.